The molecule has 0 saturated heterocycles. The van der Waals surface area contributed by atoms with Gasteiger partial charge in [-0.15, -0.1) is 0 Å². The molecule has 29 heavy (non-hydrogen) atoms. The van der Waals surface area contributed by atoms with Crippen molar-refractivity contribution in [2.75, 3.05) is 11.9 Å². The Labute approximate surface area is 173 Å². The maximum absolute atomic E-state index is 13.4. The van der Waals surface area contributed by atoms with Crippen LogP contribution in [0.2, 0.25) is 5.02 Å². The Balaban J connectivity index is 1.96. The van der Waals surface area contributed by atoms with Crippen molar-refractivity contribution in [1.82, 2.24) is 9.88 Å². The lowest BCUT2D eigenvalue weighted by atomic mass is 10.0. The molecule has 1 aromatic heterocycles. The number of H-pyrrole nitrogens is 1. The summed E-state index contributed by atoms with van der Waals surface area (Å²) in [6, 6.07) is 10.7. The quantitative estimate of drug-likeness (QED) is 0.572. The zero-order chi connectivity index (χ0) is 21.1. The normalized spacial score (nSPS) is 12.2. The fourth-order valence-electron chi connectivity index (χ4n) is 3.32. The largest absolute Gasteiger partial charge is 0.328 e. The summed E-state index contributed by atoms with van der Waals surface area (Å²) in [6.45, 7) is 6.45. The number of anilines is 1. The molecule has 1 unspecified atom stereocenters. The number of aromatic amines is 1. The third-order valence-corrected chi connectivity index (χ3v) is 5.04. The first-order valence-corrected chi connectivity index (χ1v) is 9.78. The highest BCUT2D eigenvalue weighted by atomic mass is 35.5. The van der Waals surface area contributed by atoms with Gasteiger partial charge >= 0.3 is 6.03 Å². The second-order valence-electron chi connectivity index (χ2n) is 7.40. The molecular weight excluding hydrogens is 393 g/mol. The van der Waals surface area contributed by atoms with Gasteiger partial charge in [0.05, 0.1) is 11.1 Å². The number of carbonyl (C=O) groups is 1. The Morgan fingerprint density at radius 1 is 1.17 bits per heavy atom. The molecule has 1 heterocycles. The summed E-state index contributed by atoms with van der Waals surface area (Å²) >= 11 is 5.83. The topological polar surface area (TPSA) is 65.2 Å². The van der Waals surface area contributed by atoms with Crippen LogP contribution in [-0.4, -0.2) is 22.5 Å². The lowest BCUT2D eigenvalue weighted by Gasteiger charge is -2.31. The predicted molar refractivity (Wildman–Crippen MR) is 115 cm³/mol. The van der Waals surface area contributed by atoms with Crippen LogP contribution in [-0.2, 0) is 0 Å². The zero-order valence-electron chi connectivity index (χ0n) is 16.5. The highest BCUT2D eigenvalue weighted by Gasteiger charge is 2.24. The van der Waals surface area contributed by atoms with Crippen molar-refractivity contribution in [2.45, 2.75) is 26.8 Å². The number of halogens is 2. The number of fused-ring (bicyclic) bond motifs is 1. The Hall–Kier alpha value is -2.86. The molecule has 0 fully saturated rings. The maximum atomic E-state index is 13.4. The molecule has 0 aliphatic heterocycles. The molecular formula is C22H23ClFN3O2. The fraction of sp³-hybridized carbons (Fsp3) is 0.273. The first kappa shape index (κ1) is 20.9. The molecule has 2 N–H and O–H groups in total. The van der Waals surface area contributed by atoms with Crippen molar-refractivity contribution in [1.29, 1.82) is 0 Å². The number of urea groups is 1. The van der Waals surface area contributed by atoms with Crippen molar-refractivity contribution in [3.63, 3.8) is 0 Å². The standard InChI is InChI=1S/C22H23ClFN3O2/c1-13(2)12-27(22(29)26-15-8-9-20(24)19(23)10-15)14(3)18-11-25-21(28)17-7-5-4-6-16(17)18/h4-11,13-14H,12H2,1-3H3,(H,25,28)(H,26,29). The summed E-state index contributed by atoms with van der Waals surface area (Å²) in [7, 11) is 0. The lowest BCUT2D eigenvalue weighted by molar-refractivity contribution is 0.184. The van der Waals surface area contributed by atoms with E-state index in [9.17, 15) is 14.0 Å². The molecule has 5 nitrogen and oxygen atoms in total. The summed E-state index contributed by atoms with van der Waals surface area (Å²) < 4.78 is 13.4. The number of rotatable bonds is 5. The molecule has 3 aromatic rings. The number of amides is 2. The summed E-state index contributed by atoms with van der Waals surface area (Å²) in [6.07, 6.45) is 1.66. The minimum absolute atomic E-state index is 0.0575. The average molecular weight is 416 g/mol. The number of hydrogen-bond donors (Lipinski definition) is 2. The third kappa shape index (κ3) is 4.59. The molecule has 1 atom stereocenters. The Kier molecular flexibility index (Phi) is 6.23. The van der Waals surface area contributed by atoms with Crippen molar-refractivity contribution < 1.29 is 9.18 Å². The van der Waals surface area contributed by atoms with E-state index in [-0.39, 0.29) is 28.6 Å². The summed E-state index contributed by atoms with van der Waals surface area (Å²) in [5.74, 6) is -0.328. The number of carbonyl (C=O) groups excluding carboxylic acids is 1. The van der Waals surface area contributed by atoms with Crippen molar-refractivity contribution >= 4 is 34.1 Å². The van der Waals surface area contributed by atoms with E-state index >= 15 is 0 Å². The van der Waals surface area contributed by atoms with Gasteiger partial charge in [-0.3, -0.25) is 4.79 Å². The van der Waals surface area contributed by atoms with Crippen molar-refractivity contribution in [2.24, 2.45) is 5.92 Å². The fourth-order valence-corrected chi connectivity index (χ4v) is 3.51. The maximum Gasteiger partial charge on any atom is 0.322 e. The Bertz CT molecular complexity index is 1100. The number of benzene rings is 2. The average Bonchev–Trinajstić information content (AvgIpc) is 2.69. The first-order valence-electron chi connectivity index (χ1n) is 9.41. The van der Waals surface area contributed by atoms with E-state index in [0.29, 0.717) is 17.6 Å². The Morgan fingerprint density at radius 3 is 2.52 bits per heavy atom. The van der Waals surface area contributed by atoms with Gasteiger partial charge in [0.25, 0.3) is 5.56 Å². The van der Waals surface area contributed by atoms with Gasteiger partial charge in [0.2, 0.25) is 0 Å². The Morgan fingerprint density at radius 2 is 1.86 bits per heavy atom. The number of hydrogen-bond acceptors (Lipinski definition) is 2. The van der Waals surface area contributed by atoms with E-state index in [1.807, 2.05) is 39.0 Å². The van der Waals surface area contributed by atoms with Gasteiger partial charge in [0.15, 0.2) is 0 Å². The highest BCUT2D eigenvalue weighted by molar-refractivity contribution is 6.31. The molecule has 152 valence electrons. The van der Waals surface area contributed by atoms with Gasteiger partial charge in [-0.25, -0.2) is 9.18 Å². The van der Waals surface area contributed by atoms with E-state index < -0.39 is 5.82 Å². The molecule has 3 rings (SSSR count). The molecule has 0 aliphatic carbocycles. The van der Waals surface area contributed by atoms with Gasteiger partial charge < -0.3 is 15.2 Å². The number of nitrogens with one attached hydrogen (secondary N) is 2. The molecule has 0 spiro atoms. The van der Waals surface area contributed by atoms with Crippen LogP contribution >= 0.6 is 11.6 Å². The minimum atomic E-state index is -0.545. The molecule has 2 aromatic carbocycles. The number of aromatic nitrogens is 1. The molecule has 0 aliphatic rings. The SMILES string of the molecule is CC(C)CN(C(=O)Nc1ccc(F)c(Cl)c1)C(C)c1c[nH]c(=O)c2ccccc12. The van der Waals surface area contributed by atoms with E-state index in [4.69, 9.17) is 11.6 Å². The van der Waals surface area contributed by atoms with Crippen LogP contribution in [0.3, 0.4) is 0 Å². The van der Waals surface area contributed by atoms with E-state index in [2.05, 4.69) is 10.3 Å². The number of nitrogens with zero attached hydrogens (tertiary/aromatic N) is 1. The van der Waals surface area contributed by atoms with Gasteiger partial charge in [-0.05, 0) is 48.1 Å². The molecule has 0 radical (unpaired) electrons. The van der Waals surface area contributed by atoms with E-state index in [1.54, 1.807) is 17.2 Å². The van der Waals surface area contributed by atoms with Crippen LogP contribution in [0, 0.1) is 11.7 Å². The van der Waals surface area contributed by atoms with Crippen LogP contribution in [0.5, 0.6) is 0 Å². The summed E-state index contributed by atoms with van der Waals surface area (Å²) in [5, 5.41) is 4.11. The second kappa shape index (κ2) is 8.66. The van der Waals surface area contributed by atoms with Gasteiger partial charge in [0, 0.05) is 23.8 Å². The van der Waals surface area contributed by atoms with E-state index in [1.165, 1.54) is 18.2 Å². The molecule has 0 saturated carbocycles. The second-order valence-corrected chi connectivity index (χ2v) is 7.81. The van der Waals surface area contributed by atoms with Crippen molar-refractivity contribution in [3.05, 3.63) is 75.4 Å². The monoisotopic (exact) mass is 415 g/mol. The molecule has 0 bridgehead atoms. The first-order chi connectivity index (χ1) is 13.8. The van der Waals surface area contributed by atoms with E-state index in [0.717, 1.165) is 10.9 Å². The van der Waals surface area contributed by atoms with Crippen LogP contribution in [0.15, 0.2) is 53.5 Å². The van der Waals surface area contributed by atoms with Gasteiger partial charge in [-0.2, -0.15) is 0 Å². The predicted octanol–water partition coefficient (Wildman–Crippen LogP) is 5.57. The van der Waals surface area contributed by atoms with Gasteiger partial charge in [0.1, 0.15) is 5.82 Å². The molecule has 2 amide bonds. The minimum Gasteiger partial charge on any atom is -0.328 e. The van der Waals surface area contributed by atoms with Crippen molar-refractivity contribution in [3.8, 4) is 0 Å². The highest BCUT2D eigenvalue weighted by Crippen LogP contribution is 2.28. The van der Waals surface area contributed by atoms with Crippen LogP contribution in [0.25, 0.3) is 10.8 Å². The van der Waals surface area contributed by atoms with Crippen LogP contribution in [0.1, 0.15) is 32.4 Å². The number of pyridine rings is 1. The zero-order valence-corrected chi connectivity index (χ0v) is 17.3. The summed E-state index contributed by atoms with van der Waals surface area (Å²) in [4.78, 5) is 29.7. The summed E-state index contributed by atoms with van der Waals surface area (Å²) in [5.41, 5.74) is 1.08. The van der Waals surface area contributed by atoms with Crippen LogP contribution < -0.4 is 10.9 Å². The van der Waals surface area contributed by atoms with Crippen LogP contribution in [0.4, 0.5) is 14.9 Å². The van der Waals surface area contributed by atoms with Gasteiger partial charge in [-0.1, -0.05) is 43.6 Å². The smallest absolute Gasteiger partial charge is 0.322 e. The lowest BCUT2D eigenvalue weighted by Crippen LogP contribution is -2.39. The third-order valence-electron chi connectivity index (χ3n) is 4.75. The molecule has 7 heteroatoms.